The van der Waals surface area contributed by atoms with Gasteiger partial charge in [-0.15, -0.1) is 0 Å². The van der Waals surface area contributed by atoms with E-state index in [4.69, 9.17) is 4.74 Å². The smallest absolute Gasteiger partial charge is 0.270 e. The Balaban J connectivity index is 1.86. The van der Waals surface area contributed by atoms with Gasteiger partial charge in [0.1, 0.15) is 23.1 Å². The predicted molar refractivity (Wildman–Crippen MR) is 107 cm³/mol. The summed E-state index contributed by atoms with van der Waals surface area (Å²) in [7, 11) is 5.68. The second-order valence-corrected chi connectivity index (χ2v) is 6.62. The van der Waals surface area contributed by atoms with Crippen LogP contribution in [0.1, 0.15) is 28.3 Å². The molecule has 0 radical (unpaired) electrons. The minimum Gasteiger partial charge on any atom is -0.497 e. The van der Waals surface area contributed by atoms with Crippen molar-refractivity contribution in [3.63, 3.8) is 0 Å². The lowest BCUT2D eigenvalue weighted by molar-refractivity contribution is 0.0947. The minimum atomic E-state index is -0.169. The number of anilines is 1. The first-order valence-corrected chi connectivity index (χ1v) is 9.13. The summed E-state index contributed by atoms with van der Waals surface area (Å²) in [6, 6.07) is 9.67. The topological polar surface area (TPSA) is 79.4 Å². The molecule has 1 aromatic carbocycles. The lowest BCUT2D eigenvalue weighted by Gasteiger charge is -2.11. The third-order valence-corrected chi connectivity index (χ3v) is 4.02. The normalized spacial score (nSPS) is 10.7. The van der Waals surface area contributed by atoms with Crippen molar-refractivity contribution in [1.82, 2.24) is 20.2 Å². The maximum atomic E-state index is 12.3. The Morgan fingerprint density at radius 1 is 1.15 bits per heavy atom. The standard InChI is InChI=1S/C20H29N5O2/c1-15-23-18(20(26)22-11-5-13-25(2)3)14-19(24-15)21-12-10-16-6-8-17(27-4)9-7-16/h6-9,14H,5,10-13H2,1-4H3,(H,22,26)(H,21,23,24). The molecule has 0 aliphatic rings. The van der Waals surface area contributed by atoms with Gasteiger partial charge in [0.05, 0.1) is 7.11 Å². The summed E-state index contributed by atoms with van der Waals surface area (Å²) < 4.78 is 5.17. The molecule has 0 bridgehead atoms. The molecule has 0 atom stereocenters. The zero-order valence-corrected chi connectivity index (χ0v) is 16.6. The van der Waals surface area contributed by atoms with E-state index >= 15 is 0 Å². The molecular weight excluding hydrogens is 342 g/mol. The maximum absolute atomic E-state index is 12.3. The number of nitrogens with one attached hydrogen (secondary N) is 2. The number of rotatable bonds is 10. The molecule has 0 saturated heterocycles. The molecule has 27 heavy (non-hydrogen) atoms. The number of hydrogen-bond acceptors (Lipinski definition) is 6. The summed E-state index contributed by atoms with van der Waals surface area (Å²) in [5, 5.41) is 6.18. The van der Waals surface area contributed by atoms with E-state index in [0.717, 1.165) is 25.1 Å². The van der Waals surface area contributed by atoms with Crippen molar-refractivity contribution in [3.8, 4) is 5.75 Å². The van der Waals surface area contributed by atoms with Crippen molar-refractivity contribution in [3.05, 3.63) is 47.4 Å². The van der Waals surface area contributed by atoms with Crippen molar-refractivity contribution in [2.75, 3.05) is 46.2 Å². The number of methoxy groups -OCH3 is 1. The lowest BCUT2D eigenvalue weighted by atomic mass is 10.1. The molecule has 1 heterocycles. The SMILES string of the molecule is COc1ccc(CCNc2cc(C(=O)NCCCN(C)C)nc(C)n2)cc1. The number of carbonyl (C=O) groups excluding carboxylic acids is 1. The van der Waals surface area contributed by atoms with Crippen LogP contribution < -0.4 is 15.4 Å². The van der Waals surface area contributed by atoms with E-state index in [2.05, 4.69) is 25.5 Å². The number of amides is 1. The van der Waals surface area contributed by atoms with E-state index in [9.17, 15) is 4.79 Å². The van der Waals surface area contributed by atoms with Crippen LogP contribution in [-0.2, 0) is 6.42 Å². The fourth-order valence-corrected chi connectivity index (χ4v) is 2.59. The number of ether oxygens (including phenoxy) is 1. The summed E-state index contributed by atoms with van der Waals surface area (Å²) in [4.78, 5) is 23.0. The quantitative estimate of drug-likeness (QED) is 0.623. The van der Waals surface area contributed by atoms with Gasteiger partial charge in [-0.05, 0) is 58.1 Å². The molecule has 0 spiro atoms. The van der Waals surface area contributed by atoms with Gasteiger partial charge >= 0.3 is 0 Å². The number of aromatic nitrogens is 2. The number of aryl methyl sites for hydroxylation is 1. The molecule has 0 saturated carbocycles. The van der Waals surface area contributed by atoms with Crippen LogP contribution in [0, 0.1) is 6.92 Å². The number of hydrogen-bond donors (Lipinski definition) is 2. The summed E-state index contributed by atoms with van der Waals surface area (Å²) in [5.74, 6) is 1.91. The van der Waals surface area contributed by atoms with E-state index in [1.807, 2.05) is 38.4 Å². The van der Waals surface area contributed by atoms with Gasteiger partial charge in [-0.1, -0.05) is 12.1 Å². The fourth-order valence-electron chi connectivity index (χ4n) is 2.59. The van der Waals surface area contributed by atoms with Crippen molar-refractivity contribution in [2.45, 2.75) is 19.8 Å². The van der Waals surface area contributed by atoms with Crippen LogP contribution in [0.2, 0.25) is 0 Å². The van der Waals surface area contributed by atoms with Crippen molar-refractivity contribution in [1.29, 1.82) is 0 Å². The van der Waals surface area contributed by atoms with Crippen LogP contribution in [0.25, 0.3) is 0 Å². The first-order chi connectivity index (χ1) is 13.0. The molecule has 1 amide bonds. The average Bonchev–Trinajstić information content (AvgIpc) is 2.65. The van der Waals surface area contributed by atoms with E-state index < -0.39 is 0 Å². The highest BCUT2D eigenvalue weighted by Crippen LogP contribution is 2.12. The number of nitrogens with zero attached hydrogens (tertiary/aromatic N) is 3. The Hall–Kier alpha value is -2.67. The molecule has 0 fully saturated rings. The Bertz CT molecular complexity index is 732. The van der Waals surface area contributed by atoms with Crippen LogP contribution in [0.5, 0.6) is 5.75 Å². The van der Waals surface area contributed by atoms with Crippen LogP contribution in [0.15, 0.2) is 30.3 Å². The van der Waals surface area contributed by atoms with Gasteiger partial charge in [-0.2, -0.15) is 0 Å². The summed E-state index contributed by atoms with van der Waals surface area (Å²) in [5.41, 5.74) is 1.59. The predicted octanol–water partition coefficient (Wildman–Crippen LogP) is 2.13. The van der Waals surface area contributed by atoms with Gasteiger partial charge in [0.15, 0.2) is 0 Å². The second-order valence-electron chi connectivity index (χ2n) is 6.62. The van der Waals surface area contributed by atoms with Gasteiger partial charge in [0, 0.05) is 19.2 Å². The third-order valence-electron chi connectivity index (χ3n) is 4.02. The molecule has 7 heteroatoms. The van der Waals surface area contributed by atoms with Crippen LogP contribution in [0.4, 0.5) is 5.82 Å². The summed E-state index contributed by atoms with van der Waals surface area (Å²) in [6.07, 6.45) is 1.74. The first-order valence-electron chi connectivity index (χ1n) is 9.13. The van der Waals surface area contributed by atoms with Crippen molar-refractivity contribution in [2.24, 2.45) is 0 Å². The van der Waals surface area contributed by atoms with Gasteiger partial charge in [-0.3, -0.25) is 4.79 Å². The highest BCUT2D eigenvalue weighted by atomic mass is 16.5. The molecule has 2 rings (SSSR count). The first kappa shape index (κ1) is 20.6. The molecule has 2 aromatic rings. The molecule has 146 valence electrons. The zero-order chi connectivity index (χ0) is 19.6. The van der Waals surface area contributed by atoms with Crippen molar-refractivity contribution >= 4 is 11.7 Å². The van der Waals surface area contributed by atoms with Crippen LogP contribution >= 0.6 is 0 Å². The molecule has 0 unspecified atom stereocenters. The molecule has 0 aliphatic heterocycles. The Labute approximate surface area is 161 Å². The minimum absolute atomic E-state index is 0.169. The summed E-state index contributed by atoms with van der Waals surface area (Å²) in [6.45, 7) is 4.06. The highest BCUT2D eigenvalue weighted by molar-refractivity contribution is 5.92. The molecular formula is C20H29N5O2. The van der Waals surface area contributed by atoms with E-state index in [-0.39, 0.29) is 5.91 Å². The van der Waals surface area contributed by atoms with E-state index in [0.29, 0.717) is 30.4 Å². The number of carbonyl (C=O) groups is 1. The Morgan fingerprint density at radius 3 is 2.56 bits per heavy atom. The van der Waals surface area contributed by atoms with Gasteiger partial charge in [0.25, 0.3) is 5.91 Å². The lowest BCUT2D eigenvalue weighted by Crippen LogP contribution is -2.28. The van der Waals surface area contributed by atoms with E-state index in [1.54, 1.807) is 20.1 Å². The molecule has 1 aromatic heterocycles. The Morgan fingerprint density at radius 2 is 1.89 bits per heavy atom. The fraction of sp³-hybridized carbons (Fsp3) is 0.450. The monoisotopic (exact) mass is 371 g/mol. The second kappa shape index (κ2) is 10.5. The van der Waals surface area contributed by atoms with Gasteiger partial charge < -0.3 is 20.3 Å². The van der Waals surface area contributed by atoms with Gasteiger partial charge in [-0.25, -0.2) is 9.97 Å². The highest BCUT2D eigenvalue weighted by Gasteiger charge is 2.10. The third kappa shape index (κ3) is 7.22. The van der Waals surface area contributed by atoms with Crippen molar-refractivity contribution < 1.29 is 9.53 Å². The molecule has 7 nitrogen and oxygen atoms in total. The average molecular weight is 371 g/mol. The van der Waals surface area contributed by atoms with Gasteiger partial charge in [0.2, 0.25) is 0 Å². The molecule has 2 N–H and O–H groups in total. The largest absolute Gasteiger partial charge is 0.497 e. The van der Waals surface area contributed by atoms with E-state index in [1.165, 1.54) is 5.56 Å². The van der Waals surface area contributed by atoms with Crippen LogP contribution in [-0.4, -0.2) is 61.6 Å². The van der Waals surface area contributed by atoms with Crippen LogP contribution in [0.3, 0.4) is 0 Å². The zero-order valence-electron chi connectivity index (χ0n) is 16.6. The summed E-state index contributed by atoms with van der Waals surface area (Å²) >= 11 is 0. The Kier molecular flexibility index (Phi) is 8.00. The maximum Gasteiger partial charge on any atom is 0.270 e. The number of benzene rings is 1. The molecule has 0 aliphatic carbocycles.